The van der Waals surface area contributed by atoms with Crippen molar-refractivity contribution in [3.05, 3.63) is 33.8 Å². The van der Waals surface area contributed by atoms with Crippen molar-refractivity contribution in [3.63, 3.8) is 0 Å². The van der Waals surface area contributed by atoms with Gasteiger partial charge in [0, 0.05) is 10.9 Å². The molecular weight excluding hydrogens is 311 g/mol. The van der Waals surface area contributed by atoms with Crippen LogP contribution in [0.25, 0.3) is 0 Å². The standard InChI is InChI=1S/C11H10BrClO4/c12-9-3-1-2-7(10(15)11(16)17)8(9)4-6(14)5-13/h1-3,10,15H,4-5H2,(H,16,17). The molecule has 17 heavy (non-hydrogen) atoms. The smallest absolute Gasteiger partial charge is 0.337 e. The Labute approximate surface area is 111 Å². The molecule has 0 heterocycles. The van der Waals surface area contributed by atoms with Gasteiger partial charge in [0.15, 0.2) is 11.9 Å². The number of carboxylic acids is 1. The van der Waals surface area contributed by atoms with Gasteiger partial charge in [-0.3, -0.25) is 4.79 Å². The van der Waals surface area contributed by atoms with Crippen molar-refractivity contribution in [2.45, 2.75) is 12.5 Å². The van der Waals surface area contributed by atoms with Crippen molar-refractivity contribution in [1.29, 1.82) is 0 Å². The third-order valence-corrected chi connectivity index (χ3v) is 3.25. The summed E-state index contributed by atoms with van der Waals surface area (Å²) in [5.41, 5.74) is 0.651. The van der Waals surface area contributed by atoms with E-state index >= 15 is 0 Å². The van der Waals surface area contributed by atoms with Gasteiger partial charge >= 0.3 is 5.97 Å². The number of benzene rings is 1. The van der Waals surface area contributed by atoms with Crippen LogP contribution < -0.4 is 0 Å². The van der Waals surface area contributed by atoms with E-state index in [1.165, 1.54) is 6.07 Å². The van der Waals surface area contributed by atoms with Crippen LogP contribution in [0.2, 0.25) is 0 Å². The van der Waals surface area contributed by atoms with Crippen molar-refractivity contribution in [2.75, 3.05) is 5.88 Å². The topological polar surface area (TPSA) is 74.6 Å². The average Bonchev–Trinajstić information content (AvgIpc) is 2.30. The lowest BCUT2D eigenvalue weighted by Crippen LogP contribution is -2.15. The Morgan fingerprint density at radius 2 is 2.06 bits per heavy atom. The molecule has 0 aromatic heterocycles. The van der Waals surface area contributed by atoms with Crippen LogP contribution in [-0.2, 0) is 16.0 Å². The first kappa shape index (κ1) is 14.2. The van der Waals surface area contributed by atoms with Gasteiger partial charge in [-0.25, -0.2) is 4.79 Å². The first-order valence-corrected chi connectivity index (χ1v) is 6.06. The van der Waals surface area contributed by atoms with Crippen LogP contribution >= 0.6 is 27.5 Å². The van der Waals surface area contributed by atoms with Crippen molar-refractivity contribution in [2.24, 2.45) is 0 Å². The van der Waals surface area contributed by atoms with Gasteiger partial charge in [-0.1, -0.05) is 28.1 Å². The summed E-state index contributed by atoms with van der Waals surface area (Å²) < 4.78 is 0.578. The molecule has 0 saturated heterocycles. The number of carbonyl (C=O) groups is 2. The third-order valence-electron chi connectivity index (χ3n) is 2.21. The fourth-order valence-corrected chi connectivity index (χ4v) is 2.01. The maximum absolute atomic E-state index is 11.3. The molecule has 0 bridgehead atoms. The molecule has 6 heteroatoms. The second-order valence-electron chi connectivity index (χ2n) is 3.40. The molecular formula is C11H10BrClO4. The quantitative estimate of drug-likeness (QED) is 0.813. The fourth-order valence-electron chi connectivity index (χ4n) is 1.40. The highest BCUT2D eigenvalue weighted by Crippen LogP contribution is 2.26. The Morgan fingerprint density at radius 3 is 2.59 bits per heavy atom. The van der Waals surface area contributed by atoms with Crippen LogP contribution in [0.5, 0.6) is 0 Å². The SMILES string of the molecule is O=C(CCl)Cc1c(Br)cccc1C(O)C(=O)O. The van der Waals surface area contributed by atoms with Gasteiger partial charge in [-0.15, -0.1) is 11.6 Å². The van der Waals surface area contributed by atoms with Gasteiger partial charge in [0.1, 0.15) is 0 Å². The van der Waals surface area contributed by atoms with Crippen molar-refractivity contribution in [1.82, 2.24) is 0 Å². The fraction of sp³-hybridized carbons (Fsp3) is 0.273. The number of aliphatic hydroxyl groups is 1. The zero-order valence-corrected chi connectivity index (χ0v) is 11.0. The normalized spacial score (nSPS) is 12.2. The number of carboxylic acid groups (broad SMARTS) is 1. The summed E-state index contributed by atoms with van der Waals surface area (Å²) in [4.78, 5) is 22.0. The lowest BCUT2D eigenvalue weighted by Gasteiger charge is -2.13. The molecule has 1 rings (SSSR count). The van der Waals surface area contributed by atoms with Crippen LogP contribution in [0.1, 0.15) is 17.2 Å². The van der Waals surface area contributed by atoms with E-state index in [4.69, 9.17) is 16.7 Å². The number of hydrogen-bond acceptors (Lipinski definition) is 3. The van der Waals surface area contributed by atoms with Gasteiger partial charge in [0.2, 0.25) is 0 Å². The maximum atomic E-state index is 11.3. The molecule has 1 unspecified atom stereocenters. The minimum Gasteiger partial charge on any atom is -0.479 e. The minimum absolute atomic E-state index is 0.00933. The number of rotatable bonds is 5. The van der Waals surface area contributed by atoms with Gasteiger partial charge < -0.3 is 10.2 Å². The van der Waals surface area contributed by atoms with Crippen LogP contribution in [0.15, 0.2) is 22.7 Å². The zero-order valence-electron chi connectivity index (χ0n) is 8.69. The Hall–Kier alpha value is -0.910. The predicted molar refractivity (Wildman–Crippen MR) is 66.2 cm³/mol. The molecule has 0 aliphatic carbocycles. The number of alkyl halides is 1. The summed E-state index contributed by atoms with van der Waals surface area (Å²) in [6, 6.07) is 4.75. The summed E-state index contributed by atoms with van der Waals surface area (Å²) in [6.07, 6.45) is -1.66. The molecule has 2 N–H and O–H groups in total. The van der Waals surface area contributed by atoms with Gasteiger partial charge in [-0.2, -0.15) is 0 Å². The first-order chi connectivity index (χ1) is 7.97. The van der Waals surface area contributed by atoms with Gasteiger partial charge in [0.05, 0.1) is 5.88 Å². The van der Waals surface area contributed by atoms with Gasteiger partial charge in [-0.05, 0) is 17.2 Å². The van der Waals surface area contributed by atoms with Crippen LogP contribution in [0.4, 0.5) is 0 Å². The Bertz CT molecular complexity index is 447. The molecule has 0 spiro atoms. The number of hydrogen-bond donors (Lipinski definition) is 2. The zero-order chi connectivity index (χ0) is 13.0. The van der Waals surface area contributed by atoms with E-state index in [1.807, 2.05) is 0 Å². The second kappa shape index (κ2) is 6.14. The first-order valence-electron chi connectivity index (χ1n) is 4.73. The van der Waals surface area contributed by atoms with E-state index in [0.717, 1.165) is 0 Å². The van der Waals surface area contributed by atoms with E-state index in [-0.39, 0.29) is 23.6 Å². The van der Waals surface area contributed by atoms with Crippen LogP contribution in [0, 0.1) is 0 Å². The van der Waals surface area contributed by atoms with Gasteiger partial charge in [0.25, 0.3) is 0 Å². The number of aliphatic hydroxyl groups excluding tert-OH is 1. The molecule has 0 fully saturated rings. The minimum atomic E-state index is -1.65. The van der Waals surface area contributed by atoms with E-state index in [9.17, 15) is 14.7 Å². The molecule has 92 valence electrons. The Kier molecular flexibility index (Phi) is 5.11. The molecule has 0 aliphatic rings. The van der Waals surface area contributed by atoms with E-state index in [2.05, 4.69) is 15.9 Å². The summed E-state index contributed by atoms with van der Waals surface area (Å²) in [5.74, 6) is -1.75. The summed E-state index contributed by atoms with van der Waals surface area (Å²) in [6.45, 7) is 0. The van der Waals surface area contributed by atoms with Crippen LogP contribution in [-0.4, -0.2) is 27.8 Å². The van der Waals surface area contributed by atoms with E-state index in [0.29, 0.717) is 10.0 Å². The molecule has 0 aliphatic heterocycles. The molecule has 1 aromatic carbocycles. The molecule has 0 saturated carbocycles. The molecule has 1 aromatic rings. The van der Waals surface area contributed by atoms with Crippen LogP contribution in [0.3, 0.4) is 0 Å². The largest absolute Gasteiger partial charge is 0.479 e. The average molecular weight is 322 g/mol. The number of aliphatic carboxylic acids is 1. The summed E-state index contributed by atoms with van der Waals surface area (Å²) >= 11 is 8.63. The lowest BCUT2D eigenvalue weighted by atomic mass is 9.98. The maximum Gasteiger partial charge on any atom is 0.337 e. The highest BCUT2D eigenvalue weighted by molar-refractivity contribution is 9.10. The Morgan fingerprint density at radius 1 is 1.41 bits per heavy atom. The number of Topliss-reactive ketones (excluding diaryl/α,β-unsaturated/α-hetero) is 1. The van der Waals surface area contributed by atoms with Crippen molar-refractivity contribution in [3.8, 4) is 0 Å². The molecule has 0 amide bonds. The predicted octanol–water partition coefficient (Wildman–Crippen LogP) is 1.92. The summed E-state index contributed by atoms with van der Waals surface area (Å²) in [7, 11) is 0. The van der Waals surface area contributed by atoms with Crippen molar-refractivity contribution < 1.29 is 19.8 Å². The highest BCUT2D eigenvalue weighted by atomic mass is 79.9. The number of ketones is 1. The third kappa shape index (κ3) is 3.52. The summed E-state index contributed by atoms with van der Waals surface area (Å²) in [5, 5.41) is 18.3. The Balaban J connectivity index is 3.17. The number of carbonyl (C=O) groups excluding carboxylic acids is 1. The number of halogens is 2. The van der Waals surface area contributed by atoms with Crippen molar-refractivity contribution >= 4 is 39.3 Å². The molecule has 1 atom stereocenters. The highest BCUT2D eigenvalue weighted by Gasteiger charge is 2.21. The van der Waals surface area contributed by atoms with E-state index in [1.54, 1.807) is 12.1 Å². The van der Waals surface area contributed by atoms with E-state index < -0.39 is 12.1 Å². The molecule has 4 nitrogen and oxygen atoms in total. The second-order valence-corrected chi connectivity index (χ2v) is 4.52. The molecule has 0 radical (unpaired) electrons. The lowest BCUT2D eigenvalue weighted by molar-refractivity contribution is -0.147. The monoisotopic (exact) mass is 320 g/mol.